The zero-order valence-electron chi connectivity index (χ0n) is 11.8. The highest BCUT2D eigenvalue weighted by Crippen LogP contribution is 2.11. The Morgan fingerprint density at radius 3 is 3.19 bits per heavy atom. The highest BCUT2D eigenvalue weighted by Gasteiger charge is 2.07. The summed E-state index contributed by atoms with van der Waals surface area (Å²) < 4.78 is 6.81. The lowest BCUT2D eigenvalue weighted by Crippen LogP contribution is -2.10. The summed E-state index contributed by atoms with van der Waals surface area (Å²) in [5.41, 5.74) is 1.96. The highest BCUT2D eigenvalue weighted by molar-refractivity contribution is 5.44. The Bertz CT molecular complexity index is 692. The number of aromatic amines is 1. The quantitative estimate of drug-likeness (QED) is 0.631. The number of rotatable bonds is 7. The maximum absolute atomic E-state index is 5.12. The van der Waals surface area contributed by atoms with Crippen LogP contribution in [-0.4, -0.2) is 43.4 Å². The molecule has 3 aromatic heterocycles. The molecule has 0 amide bonds. The third-order valence-electron chi connectivity index (χ3n) is 3.08. The van der Waals surface area contributed by atoms with E-state index in [9.17, 15) is 0 Å². The molecule has 0 aliphatic carbocycles. The van der Waals surface area contributed by atoms with Crippen LogP contribution in [0.1, 0.15) is 17.8 Å². The van der Waals surface area contributed by atoms with Gasteiger partial charge in [-0.1, -0.05) is 0 Å². The fraction of sp³-hybridized carbons (Fsp3) is 0.385. The minimum atomic E-state index is 0.451. The van der Waals surface area contributed by atoms with Gasteiger partial charge in [0.05, 0.1) is 12.3 Å². The predicted octanol–water partition coefficient (Wildman–Crippen LogP) is 1.04. The van der Waals surface area contributed by atoms with Crippen LogP contribution < -0.4 is 5.32 Å². The molecule has 0 spiro atoms. The van der Waals surface area contributed by atoms with Crippen LogP contribution in [-0.2, 0) is 17.8 Å². The molecule has 3 heterocycles. The topological polar surface area (TPSA) is 93.0 Å². The first-order valence-electron chi connectivity index (χ1n) is 6.77. The maximum atomic E-state index is 5.12. The second-order valence-electron chi connectivity index (χ2n) is 4.65. The lowest BCUT2D eigenvalue weighted by atomic mass is 10.2. The SMILES string of the molecule is COCc1cc(NCCCc2ccn[nH]2)n2ncnc2n1. The molecule has 0 radical (unpaired) electrons. The van der Waals surface area contributed by atoms with Crippen molar-refractivity contribution < 1.29 is 4.74 Å². The normalized spacial score (nSPS) is 11.1. The lowest BCUT2D eigenvalue weighted by Gasteiger charge is -2.09. The van der Waals surface area contributed by atoms with E-state index in [0.29, 0.717) is 12.4 Å². The van der Waals surface area contributed by atoms with E-state index >= 15 is 0 Å². The van der Waals surface area contributed by atoms with Crippen molar-refractivity contribution in [2.45, 2.75) is 19.4 Å². The predicted molar refractivity (Wildman–Crippen MR) is 76.9 cm³/mol. The molecule has 0 unspecified atom stereocenters. The van der Waals surface area contributed by atoms with Gasteiger partial charge in [0.1, 0.15) is 12.1 Å². The van der Waals surface area contributed by atoms with E-state index in [1.54, 1.807) is 17.8 Å². The fourth-order valence-corrected chi connectivity index (χ4v) is 2.13. The summed E-state index contributed by atoms with van der Waals surface area (Å²) in [4.78, 5) is 8.49. The van der Waals surface area contributed by atoms with Crippen LogP contribution in [0.5, 0.6) is 0 Å². The molecule has 0 aliphatic rings. The van der Waals surface area contributed by atoms with Crippen molar-refractivity contribution >= 4 is 11.6 Å². The van der Waals surface area contributed by atoms with E-state index in [1.165, 1.54) is 6.33 Å². The highest BCUT2D eigenvalue weighted by atomic mass is 16.5. The van der Waals surface area contributed by atoms with Crippen molar-refractivity contribution in [1.29, 1.82) is 0 Å². The molecule has 21 heavy (non-hydrogen) atoms. The van der Waals surface area contributed by atoms with E-state index in [1.807, 2.05) is 12.1 Å². The number of nitrogens with zero attached hydrogens (tertiary/aromatic N) is 5. The Hall–Kier alpha value is -2.48. The van der Waals surface area contributed by atoms with Gasteiger partial charge in [-0.3, -0.25) is 5.10 Å². The molecular formula is C13H17N7O. The van der Waals surface area contributed by atoms with Gasteiger partial charge < -0.3 is 10.1 Å². The van der Waals surface area contributed by atoms with Crippen LogP contribution in [0, 0.1) is 0 Å². The second kappa shape index (κ2) is 6.31. The summed E-state index contributed by atoms with van der Waals surface area (Å²) in [6.45, 7) is 1.27. The summed E-state index contributed by atoms with van der Waals surface area (Å²) >= 11 is 0. The molecule has 8 nitrogen and oxygen atoms in total. The van der Waals surface area contributed by atoms with Gasteiger partial charge in [0.25, 0.3) is 5.78 Å². The summed E-state index contributed by atoms with van der Waals surface area (Å²) in [5, 5.41) is 14.4. The third-order valence-corrected chi connectivity index (χ3v) is 3.08. The number of hydrogen-bond donors (Lipinski definition) is 2. The molecule has 0 atom stereocenters. The molecule has 0 aromatic carbocycles. The Labute approximate surface area is 121 Å². The second-order valence-corrected chi connectivity index (χ2v) is 4.65. The molecule has 8 heteroatoms. The average molecular weight is 287 g/mol. The van der Waals surface area contributed by atoms with Crippen LogP contribution in [0.2, 0.25) is 0 Å². The van der Waals surface area contributed by atoms with Crippen LogP contribution in [0.3, 0.4) is 0 Å². The van der Waals surface area contributed by atoms with E-state index < -0.39 is 0 Å². The van der Waals surface area contributed by atoms with Crippen molar-refractivity contribution in [2.24, 2.45) is 0 Å². The summed E-state index contributed by atoms with van der Waals surface area (Å²) in [7, 11) is 1.65. The Balaban J connectivity index is 1.66. The molecule has 110 valence electrons. The number of ether oxygens (including phenoxy) is 1. The zero-order chi connectivity index (χ0) is 14.5. The number of methoxy groups -OCH3 is 1. The summed E-state index contributed by atoms with van der Waals surface area (Å²) in [6, 6.07) is 3.92. The summed E-state index contributed by atoms with van der Waals surface area (Å²) in [6.07, 6.45) is 5.19. The first-order chi connectivity index (χ1) is 10.4. The Morgan fingerprint density at radius 1 is 1.43 bits per heavy atom. The fourth-order valence-electron chi connectivity index (χ4n) is 2.13. The number of hydrogen-bond acceptors (Lipinski definition) is 6. The van der Waals surface area contributed by atoms with Crippen molar-refractivity contribution in [3.05, 3.63) is 36.0 Å². The number of nitrogens with one attached hydrogen (secondary N) is 2. The monoisotopic (exact) mass is 287 g/mol. The van der Waals surface area contributed by atoms with E-state index in [0.717, 1.165) is 36.6 Å². The van der Waals surface area contributed by atoms with Crippen molar-refractivity contribution in [3.63, 3.8) is 0 Å². The molecule has 0 aliphatic heterocycles. The largest absolute Gasteiger partial charge is 0.378 e. The van der Waals surface area contributed by atoms with Gasteiger partial charge >= 0.3 is 0 Å². The molecule has 3 aromatic rings. The van der Waals surface area contributed by atoms with Crippen LogP contribution >= 0.6 is 0 Å². The molecule has 0 saturated carbocycles. The molecular weight excluding hydrogens is 270 g/mol. The number of H-pyrrole nitrogens is 1. The minimum absolute atomic E-state index is 0.451. The molecule has 0 fully saturated rings. The van der Waals surface area contributed by atoms with Crippen LogP contribution in [0.25, 0.3) is 5.78 Å². The minimum Gasteiger partial charge on any atom is -0.378 e. The molecule has 0 saturated heterocycles. The zero-order valence-corrected chi connectivity index (χ0v) is 11.8. The van der Waals surface area contributed by atoms with Gasteiger partial charge in [0.15, 0.2) is 0 Å². The van der Waals surface area contributed by atoms with Crippen LogP contribution in [0.15, 0.2) is 24.7 Å². The standard InChI is InChI=1S/C13H17N7O/c1-21-8-11-7-12(20-13(18-11)15-9-17-20)14-5-2-3-10-4-6-16-19-10/h4,6-7,9,14H,2-3,5,8H2,1H3,(H,16,19). The third kappa shape index (κ3) is 3.16. The number of anilines is 1. The molecule has 3 rings (SSSR count). The van der Waals surface area contributed by atoms with E-state index in [2.05, 4.69) is 30.6 Å². The summed E-state index contributed by atoms with van der Waals surface area (Å²) in [5.74, 6) is 1.44. The molecule has 0 bridgehead atoms. The first kappa shape index (κ1) is 13.5. The van der Waals surface area contributed by atoms with Crippen LogP contribution in [0.4, 0.5) is 5.82 Å². The van der Waals surface area contributed by atoms with Crippen molar-refractivity contribution in [2.75, 3.05) is 19.0 Å². The average Bonchev–Trinajstić information content (AvgIpc) is 3.14. The van der Waals surface area contributed by atoms with Gasteiger partial charge in [0.2, 0.25) is 0 Å². The number of aromatic nitrogens is 6. The van der Waals surface area contributed by atoms with Gasteiger partial charge in [-0.05, 0) is 18.9 Å². The van der Waals surface area contributed by atoms with Gasteiger partial charge in [-0.25, -0.2) is 4.98 Å². The number of aryl methyl sites for hydroxylation is 1. The maximum Gasteiger partial charge on any atom is 0.254 e. The van der Waals surface area contributed by atoms with Gasteiger partial charge in [-0.2, -0.15) is 19.7 Å². The smallest absolute Gasteiger partial charge is 0.254 e. The Kier molecular flexibility index (Phi) is 4.06. The Morgan fingerprint density at radius 2 is 2.38 bits per heavy atom. The molecule has 2 N–H and O–H groups in total. The number of fused-ring (bicyclic) bond motifs is 1. The van der Waals surface area contributed by atoms with Crippen molar-refractivity contribution in [3.8, 4) is 0 Å². The van der Waals surface area contributed by atoms with E-state index in [-0.39, 0.29) is 0 Å². The lowest BCUT2D eigenvalue weighted by molar-refractivity contribution is 0.181. The van der Waals surface area contributed by atoms with E-state index in [4.69, 9.17) is 4.74 Å². The van der Waals surface area contributed by atoms with Gasteiger partial charge in [0, 0.05) is 31.6 Å². The van der Waals surface area contributed by atoms with Crippen molar-refractivity contribution in [1.82, 2.24) is 29.8 Å². The first-order valence-corrected chi connectivity index (χ1v) is 6.77. The van der Waals surface area contributed by atoms with Gasteiger partial charge in [-0.15, -0.1) is 0 Å².